The number of aryl methyl sites for hydroxylation is 1. The van der Waals surface area contributed by atoms with Crippen LogP contribution in [0.5, 0.6) is 0 Å². The lowest BCUT2D eigenvalue weighted by Crippen LogP contribution is -2.36. The summed E-state index contributed by atoms with van der Waals surface area (Å²) in [5.41, 5.74) is 7.32. The first kappa shape index (κ1) is 16.8. The molecule has 0 atom stereocenters. The van der Waals surface area contributed by atoms with Crippen LogP contribution in [-0.2, 0) is 13.0 Å². The highest BCUT2D eigenvalue weighted by Crippen LogP contribution is 2.29. The summed E-state index contributed by atoms with van der Waals surface area (Å²) in [6.45, 7) is 5.37. The van der Waals surface area contributed by atoms with E-state index in [1.54, 1.807) is 6.20 Å². The maximum Gasteiger partial charge on any atom is 0.257 e. The summed E-state index contributed by atoms with van der Waals surface area (Å²) in [6.07, 6.45) is 2.55. The van der Waals surface area contributed by atoms with Crippen LogP contribution in [0.2, 0.25) is 0 Å². The zero-order valence-corrected chi connectivity index (χ0v) is 16.1. The highest BCUT2D eigenvalue weighted by molar-refractivity contribution is 5.96. The van der Waals surface area contributed by atoms with E-state index in [-0.39, 0.29) is 5.91 Å². The molecular weight excluding hydrogens is 348 g/mol. The van der Waals surface area contributed by atoms with Crippen molar-refractivity contribution in [3.63, 3.8) is 0 Å². The van der Waals surface area contributed by atoms with Gasteiger partial charge in [-0.3, -0.25) is 4.79 Å². The summed E-state index contributed by atoms with van der Waals surface area (Å²) in [4.78, 5) is 18.7. The Labute approximate surface area is 163 Å². The van der Waals surface area contributed by atoms with Gasteiger partial charge in [0.25, 0.3) is 5.91 Å². The van der Waals surface area contributed by atoms with E-state index >= 15 is 0 Å². The molecule has 2 aromatic carbocycles. The minimum Gasteiger partial charge on any atom is -0.358 e. The number of nitrogens with zero attached hydrogens (tertiary/aromatic N) is 3. The van der Waals surface area contributed by atoms with Crippen molar-refractivity contribution in [1.29, 1.82) is 0 Å². The van der Waals surface area contributed by atoms with Crippen molar-refractivity contribution >= 4 is 16.8 Å². The van der Waals surface area contributed by atoms with Gasteiger partial charge in [-0.15, -0.1) is 0 Å². The third kappa shape index (κ3) is 2.54. The first-order chi connectivity index (χ1) is 13.6. The zero-order chi connectivity index (χ0) is 19.3. The SMILES string of the molecule is Cc1ccccc1-n1ncc(C(=O)N2CCc3[nH]c4ccccc4c3C2)c1C. The first-order valence-electron chi connectivity index (χ1n) is 9.62. The van der Waals surface area contributed by atoms with Crippen molar-refractivity contribution in [2.75, 3.05) is 6.54 Å². The molecule has 1 aliphatic heterocycles. The highest BCUT2D eigenvalue weighted by Gasteiger charge is 2.27. The molecule has 5 heteroatoms. The van der Waals surface area contributed by atoms with Crippen LogP contribution in [0, 0.1) is 13.8 Å². The number of amides is 1. The van der Waals surface area contributed by atoms with Gasteiger partial charge in [-0.1, -0.05) is 36.4 Å². The lowest BCUT2D eigenvalue weighted by Gasteiger charge is -2.27. The summed E-state index contributed by atoms with van der Waals surface area (Å²) in [5.74, 6) is 0.0493. The number of hydrogen-bond donors (Lipinski definition) is 1. The average molecular weight is 370 g/mol. The van der Waals surface area contributed by atoms with E-state index in [1.807, 2.05) is 46.8 Å². The fourth-order valence-corrected chi connectivity index (χ4v) is 4.17. The topological polar surface area (TPSA) is 53.9 Å². The number of benzene rings is 2. The number of H-pyrrole nitrogens is 1. The van der Waals surface area contributed by atoms with Crippen LogP contribution in [0.4, 0.5) is 0 Å². The van der Waals surface area contributed by atoms with Crippen molar-refractivity contribution in [1.82, 2.24) is 19.7 Å². The largest absolute Gasteiger partial charge is 0.358 e. The summed E-state index contributed by atoms with van der Waals surface area (Å²) in [6, 6.07) is 16.4. The number of fused-ring (bicyclic) bond motifs is 3. The molecule has 0 radical (unpaired) electrons. The number of carbonyl (C=O) groups is 1. The van der Waals surface area contributed by atoms with Crippen LogP contribution < -0.4 is 0 Å². The van der Waals surface area contributed by atoms with Crippen molar-refractivity contribution < 1.29 is 4.79 Å². The molecule has 1 N–H and O–H groups in total. The van der Waals surface area contributed by atoms with Gasteiger partial charge in [0, 0.05) is 41.7 Å². The number of para-hydroxylation sites is 2. The van der Waals surface area contributed by atoms with E-state index in [4.69, 9.17) is 0 Å². The second kappa shape index (κ2) is 6.37. The molecule has 0 spiro atoms. The third-order valence-electron chi connectivity index (χ3n) is 5.75. The summed E-state index contributed by atoms with van der Waals surface area (Å²) in [5, 5.41) is 5.72. The van der Waals surface area contributed by atoms with E-state index in [0.29, 0.717) is 18.7 Å². The Balaban J connectivity index is 1.47. The number of hydrogen-bond acceptors (Lipinski definition) is 2. The Morgan fingerprint density at radius 2 is 1.86 bits per heavy atom. The maximum atomic E-state index is 13.3. The Morgan fingerprint density at radius 3 is 2.71 bits per heavy atom. The molecule has 1 amide bonds. The molecule has 1 aliphatic rings. The second-order valence-corrected chi connectivity index (χ2v) is 7.45. The number of aromatic nitrogens is 3. The second-order valence-electron chi connectivity index (χ2n) is 7.45. The minimum atomic E-state index is 0.0493. The molecule has 3 heterocycles. The predicted octanol–water partition coefficient (Wildman–Crippen LogP) is 4.17. The fraction of sp³-hybridized carbons (Fsp3) is 0.217. The standard InChI is InChI=1S/C23H22N4O/c1-15-7-3-6-10-22(15)27-16(2)18(13-24-27)23(28)26-12-11-21-19(14-26)17-8-4-5-9-20(17)25-21/h3-10,13,25H,11-12,14H2,1-2H3. The maximum absolute atomic E-state index is 13.3. The molecule has 0 saturated heterocycles. The van der Waals surface area contributed by atoms with Gasteiger partial charge in [0.1, 0.15) is 0 Å². The van der Waals surface area contributed by atoms with Crippen molar-refractivity contribution in [2.24, 2.45) is 0 Å². The van der Waals surface area contributed by atoms with Crippen molar-refractivity contribution in [3.05, 3.63) is 82.8 Å². The fourth-order valence-electron chi connectivity index (χ4n) is 4.17. The Kier molecular flexibility index (Phi) is 3.83. The highest BCUT2D eigenvalue weighted by atomic mass is 16.2. The van der Waals surface area contributed by atoms with E-state index < -0.39 is 0 Å². The summed E-state index contributed by atoms with van der Waals surface area (Å²) < 4.78 is 1.86. The molecular formula is C23H22N4O. The van der Waals surface area contributed by atoms with E-state index in [2.05, 4.69) is 35.2 Å². The Bertz CT molecular complexity index is 1200. The average Bonchev–Trinajstić information content (AvgIpc) is 3.28. The monoisotopic (exact) mass is 370 g/mol. The van der Waals surface area contributed by atoms with Gasteiger partial charge in [-0.25, -0.2) is 4.68 Å². The van der Waals surface area contributed by atoms with Crippen molar-refractivity contribution in [3.8, 4) is 5.69 Å². The zero-order valence-electron chi connectivity index (χ0n) is 16.1. The van der Waals surface area contributed by atoms with Crippen LogP contribution in [0.1, 0.15) is 32.9 Å². The molecule has 0 saturated carbocycles. The molecule has 0 fully saturated rings. The molecule has 5 rings (SSSR count). The van der Waals surface area contributed by atoms with Crippen LogP contribution in [0.25, 0.3) is 16.6 Å². The van der Waals surface area contributed by atoms with Gasteiger partial charge in [0.2, 0.25) is 0 Å². The number of carbonyl (C=O) groups excluding carboxylic acids is 1. The van der Waals surface area contributed by atoms with Gasteiger partial charge < -0.3 is 9.88 Å². The third-order valence-corrected chi connectivity index (χ3v) is 5.75. The molecule has 0 bridgehead atoms. The van der Waals surface area contributed by atoms with E-state index in [0.717, 1.165) is 28.9 Å². The smallest absolute Gasteiger partial charge is 0.257 e. The Morgan fingerprint density at radius 1 is 1.07 bits per heavy atom. The molecule has 0 unspecified atom stereocenters. The normalized spacial score (nSPS) is 13.7. The van der Waals surface area contributed by atoms with Gasteiger partial charge in [0.05, 0.1) is 23.1 Å². The van der Waals surface area contributed by atoms with Gasteiger partial charge >= 0.3 is 0 Å². The van der Waals surface area contributed by atoms with Gasteiger partial charge in [0.15, 0.2) is 0 Å². The lowest BCUT2D eigenvalue weighted by atomic mass is 10.0. The Hall–Kier alpha value is -3.34. The van der Waals surface area contributed by atoms with E-state index in [1.165, 1.54) is 16.6 Å². The number of rotatable bonds is 2. The molecule has 0 aliphatic carbocycles. The van der Waals surface area contributed by atoms with E-state index in [9.17, 15) is 4.79 Å². The number of aromatic amines is 1. The molecule has 4 aromatic rings. The van der Waals surface area contributed by atoms with Gasteiger partial charge in [-0.05, 0) is 31.5 Å². The lowest BCUT2D eigenvalue weighted by molar-refractivity contribution is 0.0734. The van der Waals surface area contributed by atoms with Gasteiger partial charge in [-0.2, -0.15) is 5.10 Å². The predicted molar refractivity (Wildman–Crippen MR) is 110 cm³/mol. The number of nitrogens with one attached hydrogen (secondary N) is 1. The first-order valence-corrected chi connectivity index (χ1v) is 9.62. The van der Waals surface area contributed by atoms with Crippen molar-refractivity contribution in [2.45, 2.75) is 26.8 Å². The molecule has 28 heavy (non-hydrogen) atoms. The van der Waals surface area contributed by atoms with Crippen LogP contribution >= 0.6 is 0 Å². The molecule has 2 aromatic heterocycles. The summed E-state index contributed by atoms with van der Waals surface area (Å²) >= 11 is 0. The quantitative estimate of drug-likeness (QED) is 0.576. The summed E-state index contributed by atoms with van der Waals surface area (Å²) in [7, 11) is 0. The van der Waals surface area contributed by atoms with Crippen LogP contribution in [-0.4, -0.2) is 32.1 Å². The minimum absolute atomic E-state index is 0.0493. The van der Waals surface area contributed by atoms with Crippen LogP contribution in [0.15, 0.2) is 54.7 Å². The molecule has 5 nitrogen and oxygen atoms in total. The molecule has 140 valence electrons. The van der Waals surface area contributed by atoms with Crippen LogP contribution in [0.3, 0.4) is 0 Å².